The molecule has 0 atom stereocenters. The van der Waals surface area contributed by atoms with E-state index in [2.05, 4.69) is 15.0 Å². The molecule has 6 nitrogen and oxygen atoms in total. The molecule has 0 bridgehead atoms. The number of pyridine rings is 1. The first-order chi connectivity index (χ1) is 8.58. The molecule has 0 saturated carbocycles. The number of nitrogens with one attached hydrogen (secondary N) is 1. The van der Waals surface area contributed by atoms with Gasteiger partial charge in [0.15, 0.2) is 5.78 Å². The Morgan fingerprint density at radius 3 is 2.67 bits per heavy atom. The van der Waals surface area contributed by atoms with Gasteiger partial charge in [-0.2, -0.15) is 0 Å². The fourth-order valence-electron chi connectivity index (χ4n) is 1.66. The van der Waals surface area contributed by atoms with Crippen molar-refractivity contribution in [2.24, 2.45) is 0 Å². The second kappa shape index (κ2) is 4.40. The van der Waals surface area contributed by atoms with E-state index in [1.54, 1.807) is 7.05 Å². The zero-order chi connectivity index (χ0) is 13.3. The van der Waals surface area contributed by atoms with Crippen LogP contribution in [-0.2, 0) is 4.74 Å². The molecule has 1 N–H and O–H groups in total. The maximum Gasteiger partial charge on any atom is 0.356 e. The molecule has 6 heteroatoms. The van der Waals surface area contributed by atoms with Crippen LogP contribution >= 0.6 is 0 Å². The van der Waals surface area contributed by atoms with Crippen molar-refractivity contribution >= 4 is 17.5 Å². The molecule has 0 aliphatic heterocycles. The minimum absolute atomic E-state index is 0.00120. The molecule has 0 aromatic carbocycles. The predicted molar refractivity (Wildman–Crippen MR) is 61.4 cm³/mol. The van der Waals surface area contributed by atoms with Crippen LogP contribution < -0.4 is 5.32 Å². The van der Waals surface area contributed by atoms with Crippen LogP contribution in [0.15, 0.2) is 24.0 Å². The quantitative estimate of drug-likeness (QED) is 0.758. The lowest BCUT2D eigenvalue weighted by Crippen LogP contribution is -2.25. The van der Waals surface area contributed by atoms with E-state index in [4.69, 9.17) is 0 Å². The van der Waals surface area contributed by atoms with Crippen molar-refractivity contribution < 1.29 is 19.1 Å². The zero-order valence-electron chi connectivity index (χ0n) is 9.81. The Labute approximate surface area is 103 Å². The Balaban J connectivity index is 2.53. The molecular formula is C12H10N2O4. The Morgan fingerprint density at radius 2 is 2.06 bits per heavy atom. The van der Waals surface area contributed by atoms with Gasteiger partial charge < -0.3 is 10.1 Å². The fourth-order valence-corrected chi connectivity index (χ4v) is 1.66. The maximum atomic E-state index is 11.9. The summed E-state index contributed by atoms with van der Waals surface area (Å²) in [6.07, 6.45) is 2.41. The largest absolute Gasteiger partial charge is 0.464 e. The van der Waals surface area contributed by atoms with E-state index in [-0.39, 0.29) is 34.1 Å². The molecule has 0 amide bonds. The molecule has 0 fully saturated rings. The minimum atomic E-state index is -0.651. The first-order valence-electron chi connectivity index (χ1n) is 5.15. The monoisotopic (exact) mass is 246 g/mol. The second-order valence-corrected chi connectivity index (χ2v) is 3.61. The maximum absolute atomic E-state index is 11.9. The number of fused-ring (bicyclic) bond motifs is 1. The van der Waals surface area contributed by atoms with E-state index in [0.717, 1.165) is 0 Å². The normalized spacial score (nSPS) is 13.8. The average Bonchev–Trinajstić information content (AvgIpc) is 2.41. The Bertz CT molecular complexity index is 590. The standard InChI is InChI=1S/C12H10N2O4/c1-13-8-4-10(15)6-3-9(12(17)18-2)14-5-7(6)11(8)16/h3-5,13H,1-2H3. The lowest BCUT2D eigenvalue weighted by atomic mass is 9.94. The van der Waals surface area contributed by atoms with Crippen molar-refractivity contribution in [3.63, 3.8) is 0 Å². The lowest BCUT2D eigenvalue weighted by Gasteiger charge is -2.14. The summed E-state index contributed by atoms with van der Waals surface area (Å²) in [5, 5.41) is 2.64. The number of likely N-dealkylation sites (N-methyl/N-ethyl adjacent to an activating group) is 1. The van der Waals surface area contributed by atoms with Gasteiger partial charge >= 0.3 is 5.97 Å². The van der Waals surface area contributed by atoms with Crippen LogP contribution in [0.1, 0.15) is 31.2 Å². The summed E-state index contributed by atoms with van der Waals surface area (Å²) in [7, 11) is 2.77. The number of allylic oxidation sites excluding steroid dienone is 2. The molecule has 18 heavy (non-hydrogen) atoms. The van der Waals surface area contributed by atoms with Gasteiger partial charge in [0, 0.05) is 24.9 Å². The van der Waals surface area contributed by atoms with Crippen LogP contribution in [0.4, 0.5) is 0 Å². The first-order valence-corrected chi connectivity index (χ1v) is 5.15. The number of carbonyl (C=O) groups excluding carboxylic acids is 3. The third-order valence-electron chi connectivity index (χ3n) is 2.60. The van der Waals surface area contributed by atoms with Crippen molar-refractivity contribution in [1.82, 2.24) is 10.3 Å². The number of Topliss-reactive ketones (excluding diaryl/α,β-unsaturated/α-hetero) is 1. The van der Waals surface area contributed by atoms with Gasteiger partial charge in [0.1, 0.15) is 5.69 Å². The van der Waals surface area contributed by atoms with Crippen molar-refractivity contribution in [1.29, 1.82) is 0 Å². The molecule has 1 aromatic rings. The molecule has 0 unspecified atom stereocenters. The summed E-state index contributed by atoms with van der Waals surface area (Å²) in [6.45, 7) is 0. The van der Waals surface area contributed by atoms with E-state index in [1.165, 1.54) is 25.4 Å². The number of ketones is 2. The minimum Gasteiger partial charge on any atom is -0.464 e. The molecule has 1 aromatic heterocycles. The number of aromatic nitrogens is 1. The molecule has 0 radical (unpaired) electrons. The number of nitrogens with zero attached hydrogens (tertiary/aromatic N) is 1. The van der Waals surface area contributed by atoms with Crippen LogP contribution in [-0.4, -0.2) is 36.7 Å². The highest BCUT2D eigenvalue weighted by molar-refractivity contribution is 6.24. The topological polar surface area (TPSA) is 85.4 Å². The highest BCUT2D eigenvalue weighted by Gasteiger charge is 2.26. The Hall–Kier alpha value is -2.50. The molecular weight excluding hydrogens is 236 g/mol. The highest BCUT2D eigenvalue weighted by Crippen LogP contribution is 2.20. The van der Waals surface area contributed by atoms with Crippen LogP contribution in [0.2, 0.25) is 0 Å². The Morgan fingerprint density at radius 1 is 1.33 bits per heavy atom. The molecule has 1 heterocycles. The van der Waals surface area contributed by atoms with Gasteiger partial charge in [-0.15, -0.1) is 0 Å². The van der Waals surface area contributed by atoms with Gasteiger partial charge in [-0.05, 0) is 6.07 Å². The SMILES string of the molecule is CNC1=CC(=O)c2cc(C(=O)OC)ncc2C1=O. The number of carbonyl (C=O) groups is 3. The second-order valence-electron chi connectivity index (χ2n) is 3.61. The summed E-state index contributed by atoms with van der Waals surface area (Å²) in [4.78, 5) is 38.8. The highest BCUT2D eigenvalue weighted by atomic mass is 16.5. The number of methoxy groups -OCH3 is 1. The molecule has 1 aliphatic carbocycles. The summed E-state index contributed by atoms with van der Waals surface area (Å²) in [5.74, 6) is -1.32. The Kier molecular flexibility index (Phi) is 2.93. The number of rotatable bonds is 2. The molecule has 92 valence electrons. The van der Waals surface area contributed by atoms with Crippen molar-refractivity contribution in [3.05, 3.63) is 40.9 Å². The third kappa shape index (κ3) is 1.77. The average molecular weight is 246 g/mol. The lowest BCUT2D eigenvalue weighted by molar-refractivity contribution is 0.0593. The molecule has 2 rings (SSSR count). The van der Waals surface area contributed by atoms with Crippen molar-refractivity contribution in [2.45, 2.75) is 0 Å². The van der Waals surface area contributed by atoms with E-state index < -0.39 is 5.97 Å². The van der Waals surface area contributed by atoms with E-state index in [1.807, 2.05) is 0 Å². The van der Waals surface area contributed by atoms with Gasteiger partial charge in [0.25, 0.3) is 0 Å². The van der Waals surface area contributed by atoms with Crippen LogP contribution in [0.5, 0.6) is 0 Å². The molecule has 0 saturated heterocycles. The predicted octanol–water partition coefficient (Wildman–Crippen LogP) is 0.351. The number of hydrogen-bond acceptors (Lipinski definition) is 6. The zero-order valence-corrected chi connectivity index (χ0v) is 9.81. The van der Waals surface area contributed by atoms with Gasteiger partial charge in [-0.1, -0.05) is 0 Å². The summed E-state index contributed by atoms with van der Waals surface area (Å²) in [6, 6.07) is 1.27. The number of esters is 1. The number of hydrogen-bond donors (Lipinski definition) is 1. The van der Waals surface area contributed by atoms with Crippen LogP contribution in [0.25, 0.3) is 0 Å². The molecule has 0 spiro atoms. The van der Waals surface area contributed by atoms with Gasteiger partial charge in [0.2, 0.25) is 5.78 Å². The fraction of sp³-hybridized carbons (Fsp3) is 0.167. The summed E-state index contributed by atoms with van der Waals surface area (Å²) >= 11 is 0. The third-order valence-corrected chi connectivity index (χ3v) is 2.60. The van der Waals surface area contributed by atoms with Crippen LogP contribution in [0, 0.1) is 0 Å². The van der Waals surface area contributed by atoms with E-state index in [9.17, 15) is 14.4 Å². The van der Waals surface area contributed by atoms with Crippen LogP contribution in [0.3, 0.4) is 0 Å². The van der Waals surface area contributed by atoms with E-state index >= 15 is 0 Å². The van der Waals surface area contributed by atoms with E-state index in [0.29, 0.717) is 0 Å². The van der Waals surface area contributed by atoms with Crippen molar-refractivity contribution in [3.8, 4) is 0 Å². The van der Waals surface area contributed by atoms with Gasteiger partial charge in [-0.25, -0.2) is 9.78 Å². The first kappa shape index (κ1) is 12.0. The van der Waals surface area contributed by atoms with Crippen molar-refractivity contribution in [2.75, 3.05) is 14.2 Å². The van der Waals surface area contributed by atoms with Gasteiger partial charge in [-0.3, -0.25) is 9.59 Å². The number of ether oxygens (including phenoxy) is 1. The smallest absolute Gasteiger partial charge is 0.356 e. The molecule has 1 aliphatic rings. The van der Waals surface area contributed by atoms with Gasteiger partial charge in [0.05, 0.1) is 18.4 Å². The summed E-state index contributed by atoms with van der Waals surface area (Å²) < 4.78 is 4.51. The summed E-state index contributed by atoms with van der Waals surface area (Å²) in [5.41, 5.74) is 0.549.